The fraction of sp³-hybridized carbons (Fsp3) is 0.750. The van der Waals surface area contributed by atoms with Gasteiger partial charge in [0.15, 0.2) is 0 Å². The lowest BCUT2D eigenvalue weighted by molar-refractivity contribution is -0.121. The number of rotatable bonds is 3. The number of hydrogen-bond acceptors (Lipinski definition) is 4. The van der Waals surface area contributed by atoms with Crippen molar-refractivity contribution in [3.8, 4) is 0 Å². The largest absolute Gasteiger partial charge is 0.358 e. The van der Waals surface area contributed by atoms with Crippen LogP contribution < -0.4 is 11.1 Å². The van der Waals surface area contributed by atoms with Gasteiger partial charge in [0.05, 0.1) is 5.75 Å². The van der Waals surface area contributed by atoms with Crippen LogP contribution in [-0.2, 0) is 14.9 Å². The predicted octanol–water partition coefficient (Wildman–Crippen LogP) is -2.05. The minimum absolute atomic E-state index is 0.623. The van der Waals surface area contributed by atoms with E-state index in [0.717, 1.165) is 0 Å². The van der Waals surface area contributed by atoms with Crippen molar-refractivity contribution in [2.75, 3.05) is 12.8 Å². The molecule has 66 valence electrons. The summed E-state index contributed by atoms with van der Waals surface area (Å²) in [5.41, 5.74) is 5.06. The van der Waals surface area contributed by atoms with E-state index in [9.17, 15) is 13.2 Å². The fourth-order valence-electron chi connectivity index (χ4n) is 0.488. The van der Waals surface area contributed by atoms with Gasteiger partial charge in [0.2, 0.25) is 5.91 Å². The van der Waals surface area contributed by atoms with Crippen molar-refractivity contribution in [3.05, 3.63) is 0 Å². The maximum atomic E-state index is 10.6. The molecule has 11 heavy (non-hydrogen) atoms. The summed E-state index contributed by atoms with van der Waals surface area (Å²) in [6.07, 6.45) is 0. The lowest BCUT2D eigenvalue weighted by Gasteiger charge is -2.06. The molecule has 0 aliphatic heterocycles. The number of carbonyl (C=O) groups excluding carboxylic acids is 1. The molecule has 0 aromatic carbocycles. The molecule has 0 unspecified atom stereocenters. The van der Waals surface area contributed by atoms with E-state index >= 15 is 0 Å². The van der Waals surface area contributed by atoms with Crippen LogP contribution in [0.1, 0.15) is 0 Å². The molecule has 0 heterocycles. The number of carbonyl (C=O) groups is 1. The SMILES string of the molecule is CNC(=O)[C@@H](N)CS(=O)(=O)O. The van der Waals surface area contributed by atoms with Crippen LogP contribution >= 0.6 is 0 Å². The Morgan fingerprint density at radius 1 is 1.73 bits per heavy atom. The molecule has 0 radical (unpaired) electrons. The van der Waals surface area contributed by atoms with Crippen molar-refractivity contribution in [3.63, 3.8) is 0 Å². The van der Waals surface area contributed by atoms with E-state index in [1.165, 1.54) is 7.05 Å². The van der Waals surface area contributed by atoms with Crippen molar-refractivity contribution in [2.45, 2.75) is 6.04 Å². The minimum atomic E-state index is -4.16. The number of nitrogens with two attached hydrogens (primary N) is 1. The molecule has 4 N–H and O–H groups in total. The van der Waals surface area contributed by atoms with E-state index in [2.05, 4.69) is 5.32 Å². The zero-order valence-electron chi connectivity index (χ0n) is 5.94. The van der Waals surface area contributed by atoms with Crippen molar-refractivity contribution in [2.24, 2.45) is 5.73 Å². The first-order valence-corrected chi connectivity index (χ1v) is 4.40. The quantitative estimate of drug-likeness (QED) is 0.435. The Hall–Kier alpha value is -0.660. The van der Waals surface area contributed by atoms with E-state index in [1.807, 2.05) is 0 Å². The number of nitrogens with one attached hydrogen (secondary N) is 1. The molecule has 0 saturated heterocycles. The highest BCUT2D eigenvalue weighted by molar-refractivity contribution is 7.85. The number of hydrogen-bond donors (Lipinski definition) is 3. The number of amides is 1. The van der Waals surface area contributed by atoms with Crippen LogP contribution in [0.15, 0.2) is 0 Å². The molecule has 7 heteroatoms. The molecule has 0 aliphatic rings. The van der Waals surface area contributed by atoms with Crippen LogP contribution in [0.25, 0.3) is 0 Å². The van der Waals surface area contributed by atoms with Crippen LogP contribution in [0, 0.1) is 0 Å². The molecule has 0 bridgehead atoms. The van der Waals surface area contributed by atoms with Crippen LogP contribution in [0.2, 0.25) is 0 Å². The molecule has 0 aliphatic carbocycles. The van der Waals surface area contributed by atoms with Crippen molar-refractivity contribution in [1.29, 1.82) is 0 Å². The van der Waals surface area contributed by atoms with Gasteiger partial charge in [0, 0.05) is 7.05 Å². The second-order valence-corrected chi connectivity index (χ2v) is 3.47. The van der Waals surface area contributed by atoms with Crippen LogP contribution in [-0.4, -0.2) is 37.7 Å². The highest BCUT2D eigenvalue weighted by Gasteiger charge is 2.18. The maximum absolute atomic E-state index is 10.6. The van der Waals surface area contributed by atoms with Gasteiger partial charge in [-0.3, -0.25) is 9.35 Å². The molecule has 0 fully saturated rings. The van der Waals surface area contributed by atoms with Gasteiger partial charge in [-0.05, 0) is 0 Å². The van der Waals surface area contributed by atoms with E-state index in [4.69, 9.17) is 10.3 Å². The van der Waals surface area contributed by atoms with Gasteiger partial charge in [-0.2, -0.15) is 8.42 Å². The summed E-state index contributed by atoms with van der Waals surface area (Å²) in [7, 11) is -2.84. The molecular weight excluding hydrogens is 172 g/mol. The van der Waals surface area contributed by atoms with E-state index in [-0.39, 0.29) is 0 Å². The number of likely N-dealkylation sites (N-methyl/N-ethyl adjacent to an activating group) is 1. The molecule has 1 atom stereocenters. The van der Waals surface area contributed by atoms with Crippen molar-refractivity contribution >= 4 is 16.0 Å². The van der Waals surface area contributed by atoms with Gasteiger partial charge >= 0.3 is 0 Å². The van der Waals surface area contributed by atoms with E-state index in [1.54, 1.807) is 0 Å². The summed E-state index contributed by atoms with van der Waals surface area (Å²) in [6.45, 7) is 0. The molecule has 0 spiro atoms. The highest BCUT2D eigenvalue weighted by atomic mass is 32.2. The average Bonchev–Trinajstić information content (AvgIpc) is 1.82. The Kier molecular flexibility index (Phi) is 3.43. The smallest absolute Gasteiger partial charge is 0.266 e. The topological polar surface area (TPSA) is 109 Å². The second kappa shape index (κ2) is 3.65. The van der Waals surface area contributed by atoms with Gasteiger partial charge in [-0.15, -0.1) is 0 Å². The van der Waals surface area contributed by atoms with Crippen LogP contribution in [0.5, 0.6) is 0 Å². The third-order valence-electron chi connectivity index (χ3n) is 0.973. The predicted molar refractivity (Wildman–Crippen MR) is 38.5 cm³/mol. The monoisotopic (exact) mass is 182 g/mol. The Morgan fingerprint density at radius 3 is 2.45 bits per heavy atom. The molecular formula is C4H10N2O4S. The third-order valence-corrected chi connectivity index (χ3v) is 1.75. The van der Waals surface area contributed by atoms with Gasteiger partial charge in [-0.1, -0.05) is 0 Å². The first-order chi connectivity index (χ1) is 4.87. The normalized spacial score (nSPS) is 14.1. The summed E-state index contributed by atoms with van der Waals surface area (Å²) in [4.78, 5) is 10.6. The third kappa shape index (κ3) is 4.71. The molecule has 6 nitrogen and oxygen atoms in total. The standard InChI is InChI=1S/C4H10N2O4S/c1-6-4(7)3(5)2-11(8,9)10/h3H,2,5H2,1H3,(H,6,7)(H,8,9,10)/t3-/m0/s1. The zero-order valence-corrected chi connectivity index (χ0v) is 6.76. The maximum Gasteiger partial charge on any atom is 0.266 e. The second-order valence-electron chi connectivity index (χ2n) is 1.97. The fourth-order valence-corrected chi connectivity index (χ4v) is 1.09. The Bertz CT molecular complexity index is 234. The Morgan fingerprint density at radius 2 is 2.18 bits per heavy atom. The zero-order chi connectivity index (χ0) is 9.07. The van der Waals surface area contributed by atoms with E-state index < -0.39 is 27.8 Å². The average molecular weight is 182 g/mol. The molecule has 0 aromatic heterocycles. The first kappa shape index (κ1) is 10.3. The van der Waals surface area contributed by atoms with Crippen LogP contribution in [0.3, 0.4) is 0 Å². The van der Waals surface area contributed by atoms with Gasteiger partial charge < -0.3 is 11.1 Å². The first-order valence-electron chi connectivity index (χ1n) is 2.79. The van der Waals surface area contributed by atoms with Gasteiger partial charge in [-0.25, -0.2) is 0 Å². The summed E-state index contributed by atoms with van der Waals surface area (Å²) in [5, 5.41) is 2.15. The van der Waals surface area contributed by atoms with Crippen molar-refractivity contribution < 1.29 is 17.8 Å². The molecule has 0 rings (SSSR count). The van der Waals surface area contributed by atoms with E-state index in [0.29, 0.717) is 0 Å². The van der Waals surface area contributed by atoms with Crippen LogP contribution in [0.4, 0.5) is 0 Å². The summed E-state index contributed by atoms with van der Waals surface area (Å²) >= 11 is 0. The van der Waals surface area contributed by atoms with Crippen molar-refractivity contribution in [1.82, 2.24) is 5.32 Å². The molecule has 0 saturated carbocycles. The summed E-state index contributed by atoms with van der Waals surface area (Å²) in [5.74, 6) is -1.38. The minimum Gasteiger partial charge on any atom is -0.358 e. The highest BCUT2D eigenvalue weighted by Crippen LogP contribution is 1.86. The lowest BCUT2D eigenvalue weighted by atomic mass is 10.3. The van der Waals surface area contributed by atoms with Gasteiger partial charge in [0.25, 0.3) is 10.1 Å². The molecule has 0 aromatic rings. The summed E-state index contributed by atoms with van der Waals surface area (Å²) < 4.78 is 28.6. The Labute approximate surface area is 64.5 Å². The lowest BCUT2D eigenvalue weighted by Crippen LogP contribution is -2.43. The van der Waals surface area contributed by atoms with Gasteiger partial charge in [0.1, 0.15) is 6.04 Å². The summed E-state index contributed by atoms with van der Waals surface area (Å²) in [6, 6.07) is -1.21. The Balaban J connectivity index is 4.09. The molecule has 1 amide bonds.